The zero-order valence-electron chi connectivity index (χ0n) is 15.8. The smallest absolute Gasteiger partial charge is 0.290 e. The maximum atomic E-state index is 12.9. The first-order valence-electron chi connectivity index (χ1n) is 9.50. The van der Waals surface area contributed by atoms with E-state index >= 15 is 0 Å². The Kier molecular flexibility index (Phi) is 6.06. The van der Waals surface area contributed by atoms with E-state index in [1.807, 2.05) is 12.1 Å². The van der Waals surface area contributed by atoms with Crippen LogP contribution in [0.5, 0.6) is 0 Å². The second-order valence-corrected chi connectivity index (χ2v) is 7.92. The fourth-order valence-electron chi connectivity index (χ4n) is 3.68. The number of alkyl halides is 2. The highest BCUT2D eigenvalue weighted by Gasteiger charge is 2.25. The molecule has 4 nitrogen and oxygen atoms in total. The molecule has 0 bridgehead atoms. The minimum absolute atomic E-state index is 0.0886. The first kappa shape index (κ1) is 19.8. The van der Waals surface area contributed by atoms with E-state index in [4.69, 9.17) is 0 Å². The Labute approximate surface area is 172 Å². The maximum Gasteiger partial charge on any atom is 0.290 e. The number of hydrogen-bond acceptors (Lipinski definition) is 4. The normalized spacial score (nSPS) is 15.2. The molecule has 0 spiro atoms. The number of nitrogens with zero attached hydrogens (tertiary/aromatic N) is 3. The molecule has 1 aliphatic heterocycles. The first-order valence-corrected chi connectivity index (χ1v) is 10.4. The number of carbonyl (C=O) groups is 1. The van der Waals surface area contributed by atoms with Crippen LogP contribution >= 0.6 is 11.8 Å². The third-order valence-electron chi connectivity index (χ3n) is 5.14. The summed E-state index contributed by atoms with van der Waals surface area (Å²) >= 11 is 0.318. The monoisotopic (exact) mass is 413 g/mol. The molecule has 0 aliphatic carbocycles. The van der Waals surface area contributed by atoms with Crippen molar-refractivity contribution in [1.29, 1.82) is 0 Å². The number of amides is 1. The van der Waals surface area contributed by atoms with E-state index in [1.165, 1.54) is 22.5 Å². The molecular weight excluding hydrogens is 392 g/mol. The minimum Gasteiger partial charge on any atom is -0.336 e. The van der Waals surface area contributed by atoms with Crippen LogP contribution in [0.3, 0.4) is 0 Å². The molecule has 3 aromatic rings. The zero-order valence-corrected chi connectivity index (χ0v) is 16.6. The quantitative estimate of drug-likeness (QED) is 0.577. The molecule has 0 radical (unpaired) electrons. The molecule has 0 N–H and O–H groups in total. The number of pyridine rings is 1. The summed E-state index contributed by atoms with van der Waals surface area (Å²) in [6.45, 7) is 3.44. The predicted octanol–water partition coefficient (Wildman–Crippen LogP) is 4.51. The van der Waals surface area contributed by atoms with Gasteiger partial charge in [-0.15, -0.1) is 0 Å². The van der Waals surface area contributed by atoms with E-state index < -0.39 is 5.76 Å². The number of hydrogen-bond donors (Lipinski definition) is 0. The summed E-state index contributed by atoms with van der Waals surface area (Å²) in [7, 11) is 0. The van der Waals surface area contributed by atoms with E-state index in [0.29, 0.717) is 24.9 Å². The fraction of sp³-hybridized carbons (Fsp3) is 0.273. The van der Waals surface area contributed by atoms with E-state index in [9.17, 15) is 13.6 Å². The predicted molar refractivity (Wildman–Crippen MR) is 111 cm³/mol. The van der Waals surface area contributed by atoms with Crippen molar-refractivity contribution in [1.82, 2.24) is 14.8 Å². The number of fused-ring (bicyclic) bond motifs is 1. The molecule has 29 heavy (non-hydrogen) atoms. The van der Waals surface area contributed by atoms with E-state index in [2.05, 4.69) is 40.2 Å². The summed E-state index contributed by atoms with van der Waals surface area (Å²) in [4.78, 5) is 20.9. The van der Waals surface area contributed by atoms with Crippen LogP contribution in [0.2, 0.25) is 0 Å². The van der Waals surface area contributed by atoms with Gasteiger partial charge in [0.2, 0.25) is 0 Å². The molecule has 4 rings (SSSR count). The summed E-state index contributed by atoms with van der Waals surface area (Å²) < 4.78 is 25.5. The highest BCUT2D eigenvalue weighted by atomic mass is 32.2. The fourth-order valence-corrected chi connectivity index (χ4v) is 4.26. The van der Waals surface area contributed by atoms with Crippen molar-refractivity contribution in [3.8, 4) is 0 Å². The van der Waals surface area contributed by atoms with Crippen molar-refractivity contribution in [2.45, 2.75) is 17.3 Å². The van der Waals surface area contributed by atoms with Gasteiger partial charge < -0.3 is 4.90 Å². The Hall–Kier alpha value is -2.51. The Morgan fingerprint density at radius 3 is 2.55 bits per heavy atom. The minimum atomic E-state index is -2.60. The van der Waals surface area contributed by atoms with Gasteiger partial charge in [0.25, 0.3) is 11.7 Å². The molecule has 1 aromatic heterocycles. The summed E-state index contributed by atoms with van der Waals surface area (Å²) in [5.41, 5.74) is 1.52. The maximum absolute atomic E-state index is 12.9. The number of benzene rings is 2. The first-order chi connectivity index (χ1) is 14.1. The highest BCUT2D eigenvalue weighted by Crippen LogP contribution is 2.27. The molecule has 2 heterocycles. The van der Waals surface area contributed by atoms with Gasteiger partial charge in [0, 0.05) is 38.9 Å². The van der Waals surface area contributed by atoms with Crippen LogP contribution in [0, 0.1) is 0 Å². The molecule has 1 saturated heterocycles. The van der Waals surface area contributed by atoms with Gasteiger partial charge in [0.15, 0.2) is 0 Å². The summed E-state index contributed by atoms with van der Waals surface area (Å²) in [5, 5.41) is 2.56. The van der Waals surface area contributed by atoms with E-state index in [-0.39, 0.29) is 16.5 Å². The van der Waals surface area contributed by atoms with Crippen LogP contribution in [0.4, 0.5) is 8.78 Å². The standard InChI is InChI=1S/C22H21F2N3OS/c23-22(24)29-20-19(9-4-10-25-20)21(28)27-13-11-26(12-14-27)15-17-7-3-6-16-5-1-2-8-18(16)17/h1-10,22H,11-15H2. The lowest BCUT2D eigenvalue weighted by molar-refractivity contribution is 0.0624. The molecule has 7 heteroatoms. The summed E-state index contributed by atoms with van der Waals surface area (Å²) in [6, 6.07) is 17.8. The molecular formula is C22H21F2N3OS. The topological polar surface area (TPSA) is 36.4 Å². The second-order valence-electron chi connectivity index (χ2n) is 6.94. The summed E-state index contributed by atoms with van der Waals surface area (Å²) in [6.07, 6.45) is 1.43. The van der Waals surface area contributed by atoms with Gasteiger partial charge in [-0.3, -0.25) is 9.69 Å². The van der Waals surface area contributed by atoms with Gasteiger partial charge >= 0.3 is 0 Å². The van der Waals surface area contributed by atoms with Crippen molar-refractivity contribution >= 4 is 28.4 Å². The number of thioether (sulfide) groups is 1. The number of piperazine rings is 1. The van der Waals surface area contributed by atoms with Gasteiger partial charge in [-0.2, -0.15) is 8.78 Å². The lowest BCUT2D eigenvalue weighted by Crippen LogP contribution is -2.48. The zero-order chi connectivity index (χ0) is 20.2. The Bertz CT molecular complexity index is 1000. The van der Waals surface area contributed by atoms with Gasteiger partial charge in [0.05, 0.1) is 5.56 Å². The molecule has 0 saturated carbocycles. The van der Waals surface area contributed by atoms with Crippen molar-refractivity contribution in [3.63, 3.8) is 0 Å². The van der Waals surface area contributed by atoms with Gasteiger partial charge in [-0.1, -0.05) is 42.5 Å². The molecule has 1 amide bonds. The average Bonchev–Trinajstić information content (AvgIpc) is 2.74. The lowest BCUT2D eigenvalue weighted by Gasteiger charge is -2.35. The van der Waals surface area contributed by atoms with Gasteiger partial charge in [0.1, 0.15) is 5.03 Å². The SMILES string of the molecule is O=C(c1cccnc1SC(F)F)N1CCN(Cc2cccc3ccccc23)CC1. The molecule has 1 aliphatic rings. The number of rotatable bonds is 5. The van der Waals surface area contributed by atoms with Crippen LogP contribution in [0.1, 0.15) is 15.9 Å². The van der Waals surface area contributed by atoms with Crippen LogP contribution in [0.15, 0.2) is 65.8 Å². The van der Waals surface area contributed by atoms with Crippen molar-refractivity contribution in [2.75, 3.05) is 26.2 Å². The Morgan fingerprint density at radius 2 is 1.76 bits per heavy atom. The van der Waals surface area contributed by atoms with Gasteiger partial charge in [-0.25, -0.2) is 4.98 Å². The van der Waals surface area contributed by atoms with Crippen molar-refractivity contribution in [3.05, 3.63) is 71.9 Å². The van der Waals surface area contributed by atoms with Gasteiger partial charge in [-0.05, 0) is 40.2 Å². The molecule has 1 fully saturated rings. The lowest BCUT2D eigenvalue weighted by atomic mass is 10.0. The largest absolute Gasteiger partial charge is 0.336 e. The highest BCUT2D eigenvalue weighted by molar-refractivity contribution is 7.99. The number of aromatic nitrogens is 1. The Balaban J connectivity index is 1.41. The van der Waals surface area contributed by atoms with Crippen molar-refractivity contribution in [2.24, 2.45) is 0 Å². The van der Waals surface area contributed by atoms with E-state index in [1.54, 1.807) is 17.0 Å². The summed E-state index contributed by atoms with van der Waals surface area (Å²) in [5.74, 6) is -2.83. The average molecular weight is 413 g/mol. The molecule has 150 valence electrons. The molecule has 2 aromatic carbocycles. The third kappa shape index (κ3) is 4.57. The van der Waals surface area contributed by atoms with Crippen LogP contribution in [-0.2, 0) is 6.54 Å². The molecule has 0 unspecified atom stereocenters. The molecule has 0 atom stereocenters. The number of halogens is 2. The van der Waals surface area contributed by atoms with E-state index in [0.717, 1.165) is 19.6 Å². The second kappa shape index (κ2) is 8.88. The number of carbonyl (C=O) groups excluding carboxylic acids is 1. The third-order valence-corrected chi connectivity index (χ3v) is 5.86. The van der Waals surface area contributed by atoms with Crippen LogP contribution in [-0.4, -0.2) is 52.6 Å². The van der Waals surface area contributed by atoms with Crippen LogP contribution in [0.25, 0.3) is 10.8 Å². The van der Waals surface area contributed by atoms with Crippen molar-refractivity contribution < 1.29 is 13.6 Å². The Morgan fingerprint density at radius 1 is 1.00 bits per heavy atom. The van der Waals surface area contributed by atoms with Crippen LogP contribution < -0.4 is 0 Å².